The van der Waals surface area contributed by atoms with Gasteiger partial charge in [0, 0.05) is 4.47 Å². The van der Waals surface area contributed by atoms with Crippen LogP contribution in [0.25, 0.3) is 0 Å². The van der Waals surface area contributed by atoms with Gasteiger partial charge in [0.25, 0.3) is 0 Å². The van der Waals surface area contributed by atoms with Crippen LogP contribution in [0.2, 0.25) is 0 Å². The molecule has 0 fully saturated rings. The van der Waals surface area contributed by atoms with Crippen molar-refractivity contribution in [3.8, 4) is 0 Å². The fourth-order valence-electron chi connectivity index (χ4n) is 2.91. The lowest BCUT2D eigenvalue weighted by molar-refractivity contribution is 0.143. The van der Waals surface area contributed by atoms with E-state index in [9.17, 15) is 9.90 Å². The number of nitrogens with one attached hydrogen (secondary N) is 1. The van der Waals surface area contributed by atoms with Gasteiger partial charge in [0.05, 0.1) is 5.54 Å². The Bertz CT molecular complexity index is 647. The van der Waals surface area contributed by atoms with Gasteiger partial charge >= 0.3 is 6.09 Å². The molecule has 1 amide bonds. The highest BCUT2D eigenvalue weighted by Crippen LogP contribution is 2.45. The summed E-state index contributed by atoms with van der Waals surface area (Å²) in [6.45, 7) is 6.12. The van der Waals surface area contributed by atoms with E-state index in [1.165, 1.54) is 0 Å². The number of benzene rings is 2. The van der Waals surface area contributed by atoms with E-state index in [1.54, 1.807) is 0 Å². The molecular formula is C18H20BrNO2. The van der Waals surface area contributed by atoms with Crippen LogP contribution in [0, 0.1) is 5.41 Å². The maximum atomic E-state index is 11.6. The van der Waals surface area contributed by atoms with Crippen molar-refractivity contribution in [1.29, 1.82) is 0 Å². The minimum absolute atomic E-state index is 0.361. The van der Waals surface area contributed by atoms with Crippen molar-refractivity contribution < 1.29 is 9.90 Å². The first-order valence-electron chi connectivity index (χ1n) is 7.10. The number of hydrogen-bond acceptors (Lipinski definition) is 1. The molecule has 2 aromatic carbocycles. The number of amides is 1. The highest BCUT2D eigenvalue weighted by Gasteiger charge is 2.46. The lowest BCUT2D eigenvalue weighted by atomic mass is 9.65. The highest BCUT2D eigenvalue weighted by atomic mass is 79.9. The second-order valence-corrected chi connectivity index (χ2v) is 7.22. The number of carbonyl (C=O) groups is 1. The highest BCUT2D eigenvalue weighted by molar-refractivity contribution is 9.10. The first-order valence-corrected chi connectivity index (χ1v) is 7.89. The van der Waals surface area contributed by atoms with Gasteiger partial charge in [0.1, 0.15) is 0 Å². The van der Waals surface area contributed by atoms with Gasteiger partial charge in [-0.1, -0.05) is 79.2 Å². The molecule has 0 radical (unpaired) electrons. The van der Waals surface area contributed by atoms with E-state index in [0.717, 1.165) is 15.6 Å². The maximum Gasteiger partial charge on any atom is 0.405 e. The second kappa shape index (κ2) is 6.13. The summed E-state index contributed by atoms with van der Waals surface area (Å²) in [6.07, 6.45) is -1.04. The van der Waals surface area contributed by atoms with Gasteiger partial charge in [-0.25, -0.2) is 4.79 Å². The van der Waals surface area contributed by atoms with Crippen LogP contribution in [-0.4, -0.2) is 11.2 Å². The summed E-state index contributed by atoms with van der Waals surface area (Å²) in [7, 11) is 0. The van der Waals surface area contributed by atoms with E-state index in [2.05, 4.69) is 21.2 Å². The van der Waals surface area contributed by atoms with Crippen LogP contribution in [-0.2, 0) is 5.54 Å². The molecule has 4 heteroatoms. The molecule has 116 valence electrons. The molecule has 2 N–H and O–H groups in total. The molecular weight excluding hydrogens is 342 g/mol. The van der Waals surface area contributed by atoms with Crippen molar-refractivity contribution in [2.24, 2.45) is 5.41 Å². The van der Waals surface area contributed by atoms with E-state index in [-0.39, 0.29) is 5.41 Å². The molecule has 2 rings (SSSR count). The first kappa shape index (κ1) is 16.6. The zero-order valence-electron chi connectivity index (χ0n) is 12.9. The van der Waals surface area contributed by atoms with Crippen molar-refractivity contribution in [1.82, 2.24) is 5.32 Å². The minimum atomic E-state index is -1.04. The molecule has 0 saturated carbocycles. The number of hydrogen-bond donors (Lipinski definition) is 2. The smallest absolute Gasteiger partial charge is 0.405 e. The maximum absolute atomic E-state index is 11.6. The number of carboxylic acid groups (broad SMARTS) is 1. The van der Waals surface area contributed by atoms with E-state index in [4.69, 9.17) is 0 Å². The average Bonchev–Trinajstić information content (AvgIpc) is 2.45. The second-order valence-electron chi connectivity index (χ2n) is 6.30. The molecule has 1 atom stereocenters. The Hall–Kier alpha value is -1.81. The summed E-state index contributed by atoms with van der Waals surface area (Å²) in [6, 6.07) is 17.5. The van der Waals surface area contributed by atoms with E-state index >= 15 is 0 Å². The molecule has 0 saturated heterocycles. The van der Waals surface area contributed by atoms with Crippen LogP contribution < -0.4 is 5.32 Å². The number of halogens is 1. The van der Waals surface area contributed by atoms with E-state index in [0.29, 0.717) is 0 Å². The van der Waals surface area contributed by atoms with E-state index < -0.39 is 11.6 Å². The monoisotopic (exact) mass is 361 g/mol. The molecule has 0 aliphatic rings. The molecule has 0 aromatic heterocycles. The lowest BCUT2D eigenvalue weighted by Gasteiger charge is -2.45. The Morgan fingerprint density at radius 2 is 1.45 bits per heavy atom. The van der Waals surface area contributed by atoms with Crippen molar-refractivity contribution in [2.45, 2.75) is 26.3 Å². The van der Waals surface area contributed by atoms with Gasteiger partial charge in [0.15, 0.2) is 0 Å². The van der Waals surface area contributed by atoms with Crippen molar-refractivity contribution in [3.63, 3.8) is 0 Å². The van der Waals surface area contributed by atoms with Gasteiger partial charge in [-0.15, -0.1) is 0 Å². The first-order chi connectivity index (χ1) is 10.3. The molecule has 0 bridgehead atoms. The standard InChI is InChI=1S/C18H20BrNO2/c1-17(2,3)18(20-16(21)22,13-7-5-4-6-8-13)14-9-11-15(19)12-10-14/h4-12,20H,1-3H3,(H,21,22). The Kier molecular flexibility index (Phi) is 4.61. The SMILES string of the molecule is CC(C)(C)C(NC(=O)O)(c1ccccc1)c1ccc(Br)cc1. The van der Waals surface area contributed by atoms with Gasteiger partial charge in [-0.05, 0) is 28.7 Å². The van der Waals surface area contributed by atoms with Crippen LogP contribution in [0.5, 0.6) is 0 Å². The van der Waals surface area contributed by atoms with Crippen molar-refractivity contribution in [3.05, 3.63) is 70.2 Å². The topological polar surface area (TPSA) is 49.3 Å². The van der Waals surface area contributed by atoms with Crippen LogP contribution in [0.3, 0.4) is 0 Å². The van der Waals surface area contributed by atoms with E-state index in [1.807, 2.05) is 75.4 Å². The van der Waals surface area contributed by atoms with Crippen LogP contribution in [0.4, 0.5) is 4.79 Å². The minimum Gasteiger partial charge on any atom is -0.465 e. The van der Waals surface area contributed by atoms with Crippen LogP contribution in [0.15, 0.2) is 59.1 Å². The van der Waals surface area contributed by atoms with Crippen LogP contribution >= 0.6 is 15.9 Å². The fraction of sp³-hybridized carbons (Fsp3) is 0.278. The summed E-state index contributed by atoms with van der Waals surface area (Å²) >= 11 is 3.43. The normalized spacial score (nSPS) is 14.2. The Morgan fingerprint density at radius 1 is 0.955 bits per heavy atom. The largest absolute Gasteiger partial charge is 0.465 e. The fourth-order valence-corrected chi connectivity index (χ4v) is 3.18. The third-order valence-electron chi connectivity index (χ3n) is 3.90. The zero-order chi connectivity index (χ0) is 16.4. The van der Waals surface area contributed by atoms with Gasteiger partial charge in [0.2, 0.25) is 0 Å². The molecule has 0 aliphatic carbocycles. The third-order valence-corrected chi connectivity index (χ3v) is 4.43. The molecule has 0 aliphatic heterocycles. The van der Waals surface area contributed by atoms with Crippen LogP contribution in [0.1, 0.15) is 31.9 Å². The summed E-state index contributed by atoms with van der Waals surface area (Å²) in [4.78, 5) is 11.6. The summed E-state index contributed by atoms with van der Waals surface area (Å²) < 4.78 is 0.961. The van der Waals surface area contributed by atoms with Crippen molar-refractivity contribution >= 4 is 22.0 Å². The molecule has 22 heavy (non-hydrogen) atoms. The summed E-state index contributed by atoms with van der Waals surface area (Å²) in [5.41, 5.74) is 0.644. The molecule has 0 spiro atoms. The van der Waals surface area contributed by atoms with Gasteiger partial charge < -0.3 is 10.4 Å². The van der Waals surface area contributed by atoms with Crippen molar-refractivity contribution in [2.75, 3.05) is 0 Å². The lowest BCUT2D eigenvalue weighted by Crippen LogP contribution is -2.54. The zero-order valence-corrected chi connectivity index (χ0v) is 14.5. The Balaban J connectivity index is 2.76. The quantitative estimate of drug-likeness (QED) is 0.807. The predicted octanol–water partition coefficient (Wildman–Crippen LogP) is 5.01. The predicted molar refractivity (Wildman–Crippen MR) is 92.0 cm³/mol. The number of rotatable bonds is 3. The Morgan fingerprint density at radius 3 is 1.91 bits per heavy atom. The average molecular weight is 362 g/mol. The summed E-state index contributed by atoms with van der Waals surface area (Å²) in [5.74, 6) is 0. The summed E-state index contributed by atoms with van der Waals surface area (Å²) in [5, 5.41) is 12.3. The van der Waals surface area contributed by atoms with Gasteiger partial charge in [-0.2, -0.15) is 0 Å². The molecule has 3 nitrogen and oxygen atoms in total. The molecule has 0 heterocycles. The third kappa shape index (κ3) is 3.02. The molecule has 2 aromatic rings. The Labute approximate surface area is 139 Å². The van der Waals surface area contributed by atoms with Gasteiger partial charge in [-0.3, -0.25) is 0 Å². The molecule has 1 unspecified atom stereocenters.